The Hall–Kier alpha value is -0.300. The Labute approximate surface area is 63.3 Å². The van der Waals surface area contributed by atoms with E-state index in [0.29, 0.717) is 0 Å². The molecule has 0 amide bonds. The third kappa shape index (κ3) is 1.60. The first-order valence-electron chi connectivity index (χ1n) is 3.95. The number of hydrogen-bond donors (Lipinski definition) is 1. The molecule has 0 heterocycles. The Morgan fingerprint density at radius 2 is 1.90 bits per heavy atom. The number of hydrogen-bond acceptors (Lipinski definition) is 1. The SMILES string of the molecule is CC1=C(C)CC(C)(N)CC1. The van der Waals surface area contributed by atoms with Crippen LogP contribution in [-0.2, 0) is 0 Å². The molecule has 0 radical (unpaired) electrons. The molecule has 1 rings (SSSR count). The van der Waals surface area contributed by atoms with Crippen LogP contribution in [0.2, 0.25) is 0 Å². The van der Waals surface area contributed by atoms with Gasteiger partial charge in [-0.15, -0.1) is 0 Å². The van der Waals surface area contributed by atoms with Gasteiger partial charge in [0.1, 0.15) is 0 Å². The second kappa shape index (κ2) is 2.39. The number of allylic oxidation sites excluding steroid dienone is 1. The molecule has 1 atom stereocenters. The molecule has 0 aromatic carbocycles. The monoisotopic (exact) mass is 139 g/mol. The second-order valence-electron chi connectivity index (χ2n) is 3.89. The highest BCUT2D eigenvalue weighted by Gasteiger charge is 2.23. The maximum Gasteiger partial charge on any atom is 0.0166 e. The molecule has 1 aliphatic rings. The van der Waals surface area contributed by atoms with Crippen molar-refractivity contribution in [1.29, 1.82) is 0 Å². The fourth-order valence-corrected chi connectivity index (χ4v) is 1.53. The average molecular weight is 139 g/mol. The average Bonchev–Trinajstić information content (AvgIpc) is 1.79. The van der Waals surface area contributed by atoms with Gasteiger partial charge < -0.3 is 5.73 Å². The van der Waals surface area contributed by atoms with Crippen molar-refractivity contribution < 1.29 is 0 Å². The van der Waals surface area contributed by atoms with E-state index >= 15 is 0 Å². The van der Waals surface area contributed by atoms with Crippen LogP contribution in [0.25, 0.3) is 0 Å². The molecule has 1 unspecified atom stereocenters. The van der Waals surface area contributed by atoms with Crippen molar-refractivity contribution in [3.63, 3.8) is 0 Å². The molecule has 1 nitrogen and oxygen atoms in total. The Balaban J connectivity index is 2.72. The molecular weight excluding hydrogens is 122 g/mol. The van der Waals surface area contributed by atoms with Crippen LogP contribution in [0.4, 0.5) is 0 Å². The van der Waals surface area contributed by atoms with E-state index in [4.69, 9.17) is 5.73 Å². The fourth-order valence-electron chi connectivity index (χ4n) is 1.53. The highest BCUT2D eigenvalue weighted by molar-refractivity contribution is 5.17. The summed E-state index contributed by atoms with van der Waals surface area (Å²) in [5.74, 6) is 0. The molecule has 10 heavy (non-hydrogen) atoms. The van der Waals surface area contributed by atoms with Gasteiger partial charge in [0.15, 0.2) is 0 Å². The Morgan fingerprint density at radius 3 is 2.30 bits per heavy atom. The first-order chi connectivity index (χ1) is 4.51. The van der Waals surface area contributed by atoms with E-state index < -0.39 is 0 Å². The van der Waals surface area contributed by atoms with Gasteiger partial charge in [0.2, 0.25) is 0 Å². The van der Waals surface area contributed by atoms with Gasteiger partial charge in [-0.1, -0.05) is 11.1 Å². The molecule has 0 fully saturated rings. The number of rotatable bonds is 0. The molecule has 0 aliphatic heterocycles. The highest BCUT2D eigenvalue weighted by Crippen LogP contribution is 2.29. The minimum atomic E-state index is 0.0730. The Kier molecular flexibility index (Phi) is 1.86. The van der Waals surface area contributed by atoms with Gasteiger partial charge in [0, 0.05) is 5.54 Å². The van der Waals surface area contributed by atoms with Crippen molar-refractivity contribution in [2.75, 3.05) is 0 Å². The van der Waals surface area contributed by atoms with Crippen molar-refractivity contribution in [3.05, 3.63) is 11.1 Å². The molecule has 0 aromatic heterocycles. The molecule has 2 N–H and O–H groups in total. The molecule has 0 saturated carbocycles. The van der Waals surface area contributed by atoms with Crippen molar-refractivity contribution >= 4 is 0 Å². The lowest BCUT2D eigenvalue weighted by Gasteiger charge is -2.30. The third-order valence-electron chi connectivity index (χ3n) is 2.47. The fraction of sp³-hybridized carbons (Fsp3) is 0.778. The van der Waals surface area contributed by atoms with Crippen LogP contribution in [0, 0.1) is 0 Å². The van der Waals surface area contributed by atoms with Gasteiger partial charge in [-0.25, -0.2) is 0 Å². The van der Waals surface area contributed by atoms with E-state index in [1.165, 1.54) is 12.0 Å². The summed E-state index contributed by atoms with van der Waals surface area (Å²) in [6.45, 7) is 6.55. The lowest BCUT2D eigenvalue weighted by atomic mass is 9.81. The van der Waals surface area contributed by atoms with E-state index in [-0.39, 0.29) is 5.54 Å². The molecule has 1 heteroatoms. The summed E-state index contributed by atoms with van der Waals surface area (Å²) in [6, 6.07) is 0. The van der Waals surface area contributed by atoms with Gasteiger partial charge in [-0.05, 0) is 40.0 Å². The summed E-state index contributed by atoms with van der Waals surface area (Å²) in [7, 11) is 0. The summed E-state index contributed by atoms with van der Waals surface area (Å²) in [4.78, 5) is 0. The van der Waals surface area contributed by atoms with Gasteiger partial charge in [-0.2, -0.15) is 0 Å². The van der Waals surface area contributed by atoms with Gasteiger partial charge >= 0.3 is 0 Å². The van der Waals surface area contributed by atoms with E-state index in [1.807, 2.05) is 0 Å². The van der Waals surface area contributed by atoms with Crippen LogP contribution in [0.3, 0.4) is 0 Å². The normalized spacial score (nSPS) is 34.8. The van der Waals surface area contributed by atoms with Crippen molar-refractivity contribution in [3.8, 4) is 0 Å². The standard InChI is InChI=1S/C9H17N/c1-7-4-5-9(3,10)6-8(7)2/h4-6,10H2,1-3H3. The molecule has 1 aliphatic carbocycles. The van der Waals surface area contributed by atoms with E-state index in [0.717, 1.165) is 12.8 Å². The first kappa shape index (κ1) is 7.80. The predicted molar refractivity (Wildman–Crippen MR) is 44.8 cm³/mol. The Morgan fingerprint density at radius 1 is 1.30 bits per heavy atom. The number of nitrogens with two attached hydrogens (primary N) is 1. The van der Waals surface area contributed by atoms with Gasteiger partial charge in [0.05, 0.1) is 0 Å². The Bertz CT molecular complexity index is 166. The zero-order valence-corrected chi connectivity index (χ0v) is 7.20. The summed E-state index contributed by atoms with van der Waals surface area (Å²) < 4.78 is 0. The largest absolute Gasteiger partial charge is 0.325 e. The maximum absolute atomic E-state index is 6.00. The highest BCUT2D eigenvalue weighted by atomic mass is 14.7. The summed E-state index contributed by atoms with van der Waals surface area (Å²) >= 11 is 0. The summed E-state index contributed by atoms with van der Waals surface area (Å²) in [5, 5.41) is 0. The van der Waals surface area contributed by atoms with Crippen LogP contribution < -0.4 is 5.73 Å². The molecule has 58 valence electrons. The third-order valence-corrected chi connectivity index (χ3v) is 2.47. The second-order valence-corrected chi connectivity index (χ2v) is 3.89. The molecule has 0 aromatic rings. The zero-order chi connectivity index (χ0) is 7.78. The lowest BCUT2D eigenvalue weighted by Crippen LogP contribution is -2.38. The minimum Gasteiger partial charge on any atom is -0.325 e. The van der Waals surface area contributed by atoms with E-state index in [2.05, 4.69) is 20.8 Å². The molecule has 0 spiro atoms. The van der Waals surface area contributed by atoms with Gasteiger partial charge in [0.25, 0.3) is 0 Å². The van der Waals surface area contributed by atoms with Crippen molar-refractivity contribution in [2.45, 2.75) is 45.6 Å². The quantitative estimate of drug-likeness (QED) is 0.512. The topological polar surface area (TPSA) is 26.0 Å². The maximum atomic E-state index is 6.00. The van der Waals surface area contributed by atoms with Crippen LogP contribution >= 0.6 is 0 Å². The minimum absolute atomic E-state index is 0.0730. The lowest BCUT2D eigenvalue weighted by molar-refractivity contribution is 0.406. The van der Waals surface area contributed by atoms with Crippen molar-refractivity contribution in [2.24, 2.45) is 5.73 Å². The van der Waals surface area contributed by atoms with Crippen LogP contribution in [0.5, 0.6) is 0 Å². The van der Waals surface area contributed by atoms with Gasteiger partial charge in [-0.3, -0.25) is 0 Å². The smallest absolute Gasteiger partial charge is 0.0166 e. The first-order valence-corrected chi connectivity index (χ1v) is 3.95. The predicted octanol–water partition coefficient (Wildman–Crippen LogP) is 2.22. The summed E-state index contributed by atoms with van der Waals surface area (Å²) in [5.41, 5.74) is 9.11. The van der Waals surface area contributed by atoms with Crippen LogP contribution in [0.1, 0.15) is 40.0 Å². The van der Waals surface area contributed by atoms with Crippen LogP contribution in [0.15, 0.2) is 11.1 Å². The molecule has 0 bridgehead atoms. The van der Waals surface area contributed by atoms with E-state index in [1.54, 1.807) is 5.57 Å². The van der Waals surface area contributed by atoms with Crippen molar-refractivity contribution in [1.82, 2.24) is 0 Å². The molecule has 0 saturated heterocycles. The molecular formula is C9H17N. The van der Waals surface area contributed by atoms with E-state index in [9.17, 15) is 0 Å². The zero-order valence-electron chi connectivity index (χ0n) is 7.20. The van der Waals surface area contributed by atoms with Crippen LogP contribution in [-0.4, -0.2) is 5.54 Å². The summed E-state index contributed by atoms with van der Waals surface area (Å²) in [6.07, 6.45) is 3.42.